The highest BCUT2D eigenvalue weighted by Gasteiger charge is 2.37. The van der Waals surface area contributed by atoms with Crippen molar-refractivity contribution in [3.8, 4) is 5.75 Å². The second-order valence-corrected chi connectivity index (χ2v) is 9.81. The van der Waals surface area contributed by atoms with Gasteiger partial charge in [0.05, 0.1) is 16.3 Å². The van der Waals surface area contributed by atoms with Gasteiger partial charge in [0.2, 0.25) is 0 Å². The lowest BCUT2D eigenvalue weighted by Gasteiger charge is -2.26. The van der Waals surface area contributed by atoms with Crippen molar-refractivity contribution in [3.05, 3.63) is 96.4 Å². The van der Waals surface area contributed by atoms with E-state index in [2.05, 4.69) is 37.2 Å². The van der Waals surface area contributed by atoms with Crippen LogP contribution in [0.25, 0.3) is 6.08 Å². The predicted molar refractivity (Wildman–Crippen MR) is 139 cm³/mol. The molecule has 0 aromatic heterocycles. The SMILES string of the molecule is O=C1NC(=O)N(c2ccc(Br)cc2)C(=O)/C1=C\c1cc(Br)ccc1OC(=O)c1ccc(Cl)cc1Cl. The van der Waals surface area contributed by atoms with Crippen LogP contribution in [-0.2, 0) is 9.59 Å². The van der Waals surface area contributed by atoms with Crippen molar-refractivity contribution >= 4 is 90.6 Å². The number of rotatable bonds is 4. The van der Waals surface area contributed by atoms with Crippen LogP contribution >= 0.6 is 55.1 Å². The first kappa shape index (κ1) is 25.1. The standard InChI is InChI=1S/C24H12Br2Cl2N2O5/c25-13-1-5-16(6-2-13)30-22(32)18(21(31)29-24(30)34)10-12-9-14(26)3-8-20(12)35-23(33)17-7-4-15(27)11-19(17)28/h1-11H,(H,29,31,34)/b18-10-. The van der Waals surface area contributed by atoms with Crippen LogP contribution in [0.1, 0.15) is 15.9 Å². The predicted octanol–water partition coefficient (Wildman–Crippen LogP) is 6.40. The summed E-state index contributed by atoms with van der Waals surface area (Å²) in [4.78, 5) is 51.7. The van der Waals surface area contributed by atoms with Crippen LogP contribution in [0.15, 0.2) is 75.2 Å². The molecule has 0 bridgehead atoms. The van der Waals surface area contributed by atoms with Crippen LogP contribution in [0.2, 0.25) is 10.0 Å². The van der Waals surface area contributed by atoms with Gasteiger partial charge in [-0.1, -0.05) is 55.1 Å². The lowest BCUT2D eigenvalue weighted by molar-refractivity contribution is -0.122. The number of hydrogen-bond donors (Lipinski definition) is 1. The van der Waals surface area contributed by atoms with Crippen LogP contribution in [0.3, 0.4) is 0 Å². The van der Waals surface area contributed by atoms with Gasteiger partial charge < -0.3 is 4.74 Å². The summed E-state index contributed by atoms with van der Waals surface area (Å²) in [5, 5.41) is 2.61. The quantitative estimate of drug-likeness (QED) is 0.154. The van der Waals surface area contributed by atoms with Gasteiger partial charge in [-0.05, 0) is 66.7 Å². The summed E-state index contributed by atoms with van der Waals surface area (Å²) in [5.74, 6) is -2.42. The van der Waals surface area contributed by atoms with E-state index < -0.39 is 23.8 Å². The zero-order chi connectivity index (χ0) is 25.3. The summed E-state index contributed by atoms with van der Waals surface area (Å²) < 4.78 is 6.85. The Balaban J connectivity index is 1.71. The molecular weight excluding hydrogens is 627 g/mol. The molecule has 0 spiro atoms. The topological polar surface area (TPSA) is 92.8 Å². The molecule has 7 nitrogen and oxygen atoms in total. The fourth-order valence-electron chi connectivity index (χ4n) is 3.17. The molecule has 3 aromatic rings. The number of imide groups is 2. The molecule has 1 N–H and O–H groups in total. The Hall–Kier alpha value is -2.98. The van der Waals surface area contributed by atoms with Gasteiger partial charge in [-0.3, -0.25) is 14.9 Å². The third-order valence-corrected chi connectivity index (χ3v) is 6.38. The normalized spacial score (nSPS) is 14.8. The molecule has 35 heavy (non-hydrogen) atoms. The minimum Gasteiger partial charge on any atom is -0.422 e. The van der Waals surface area contributed by atoms with Crippen molar-refractivity contribution in [2.75, 3.05) is 4.90 Å². The Morgan fingerprint density at radius 1 is 0.914 bits per heavy atom. The summed E-state index contributed by atoms with van der Waals surface area (Å²) in [6, 6.07) is 14.5. The van der Waals surface area contributed by atoms with E-state index in [0.29, 0.717) is 9.50 Å². The smallest absolute Gasteiger partial charge is 0.345 e. The van der Waals surface area contributed by atoms with Gasteiger partial charge in [-0.2, -0.15) is 0 Å². The molecule has 176 valence electrons. The van der Waals surface area contributed by atoms with Gasteiger partial charge in [0.15, 0.2) is 0 Å². The van der Waals surface area contributed by atoms with Gasteiger partial charge in [0, 0.05) is 19.5 Å². The average Bonchev–Trinajstić information content (AvgIpc) is 2.79. The van der Waals surface area contributed by atoms with E-state index in [-0.39, 0.29) is 33.2 Å². The van der Waals surface area contributed by atoms with Crippen molar-refractivity contribution < 1.29 is 23.9 Å². The third kappa shape index (κ3) is 5.48. The van der Waals surface area contributed by atoms with Gasteiger partial charge in [-0.15, -0.1) is 0 Å². The molecule has 0 radical (unpaired) electrons. The first-order valence-electron chi connectivity index (χ1n) is 9.78. The zero-order valence-corrected chi connectivity index (χ0v) is 22.0. The van der Waals surface area contributed by atoms with Crippen LogP contribution in [0.4, 0.5) is 10.5 Å². The number of benzene rings is 3. The zero-order valence-electron chi connectivity index (χ0n) is 17.4. The van der Waals surface area contributed by atoms with E-state index in [1.54, 1.807) is 36.4 Å². The number of nitrogens with zero attached hydrogens (tertiary/aromatic N) is 1. The lowest BCUT2D eigenvalue weighted by atomic mass is 10.1. The average molecular weight is 639 g/mol. The molecule has 0 atom stereocenters. The molecule has 4 rings (SSSR count). The molecule has 1 saturated heterocycles. The Morgan fingerprint density at radius 2 is 1.60 bits per heavy atom. The minimum absolute atomic E-state index is 0.0596. The van der Waals surface area contributed by atoms with Gasteiger partial charge >= 0.3 is 12.0 Å². The number of urea groups is 1. The maximum Gasteiger partial charge on any atom is 0.345 e. The Labute approximate surface area is 225 Å². The van der Waals surface area contributed by atoms with Crippen molar-refractivity contribution in [2.45, 2.75) is 0 Å². The van der Waals surface area contributed by atoms with Crippen LogP contribution in [0.5, 0.6) is 5.75 Å². The fourth-order valence-corrected chi connectivity index (χ4v) is 4.30. The first-order chi connectivity index (χ1) is 16.6. The fraction of sp³-hybridized carbons (Fsp3) is 0. The highest BCUT2D eigenvalue weighted by Crippen LogP contribution is 2.30. The van der Waals surface area contributed by atoms with E-state index in [9.17, 15) is 19.2 Å². The molecule has 4 amide bonds. The largest absolute Gasteiger partial charge is 0.422 e. The number of ether oxygens (including phenoxy) is 1. The summed E-state index contributed by atoms with van der Waals surface area (Å²) >= 11 is 18.6. The van der Waals surface area contributed by atoms with Gasteiger partial charge in [-0.25, -0.2) is 14.5 Å². The highest BCUT2D eigenvalue weighted by atomic mass is 79.9. The summed E-state index contributed by atoms with van der Waals surface area (Å²) in [5.41, 5.74) is 0.261. The maximum absolute atomic E-state index is 13.2. The molecule has 11 heteroatoms. The van der Waals surface area contributed by atoms with Crippen molar-refractivity contribution in [1.82, 2.24) is 5.32 Å². The van der Waals surface area contributed by atoms with E-state index in [4.69, 9.17) is 27.9 Å². The molecule has 1 heterocycles. The molecule has 1 aliphatic rings. The minimum atomic E-state index is -0.883. The second kappa shape index (κ2) is 10.3. The number of halogens is 4. The second-order valence-electron chi connectivity index (χ2n) is 7.13. The highest BCUT2D eigenvalue weighted by molar-refractivity contribution is 9.10. The molecule has 1 aliphatic heterocycles. The molecule has 0 saturated carbocycles. The van der Waals surface area contributed by atoms with Gasteiger partial charge in [0.1, 0.15) is 11.3 Å². The monoisotopic (exact) mass is 636 g/mol. The molecular formula is C24H12Br2Cl2N2O5. The number of hydrogen-bond acceptors (Lipinski definition) is 5. The number of anilines is 1. The molecule has 0 unspecified atom stereocenters. The van der Waals surface area contributed by atoms with Crippen LogP contribution in [-0.4, -0.2) is 23.8 Å². The van der Waals surface area contributed by atoms with Crippen molar-refractivity contribution in [3.63, 3.8) is 0 Å². The summed E-state index contributed by atoms with van der Waals surface area (Å²) in [6.45, 7) is 0. The van der Waals surface area contributed by atoms with Crippen molar-refractivity contribution in [2.24, 2.45) is 0 Å². The third-order valence-electron chi connectivity index (χ3n) is 4.81. The number of amides is 4. The van der Waals surface area contributed by atoms with Crippen molar-refractivity contribution in [1.29, 1.82) is 0 Å². The molecule has 0 aliphatic carbocycles. The number of esters is 1. The van der Waals surface area contributed by atoms with E-state index >= 15 is 0 Å². The van der Waals surface area contributed by atoms with Crippen LogP contribution < -0.4 is 15.0 Å². The maximum atomic E-state index is 13.2. The Morgan fingerprint density at radius 3 is 2.29 bits per heavy atom. The lowest BCUT2D eigenvalue weighted by Crippen LogP contribution is -2.54. The number of carbonyl (C=O) groups excluding carboxylic acids is 4. The molecule has 3 aromatic carbocycles. The number of barbiturate groups is 1. The first-order valence-corrected chi connectivity index (χ1v) is 12.1. The number of carbonyl (C=O) groups is 4. The van der Waals surface area contributed by atoms with E-state index in [1.165, 1.54) is 30.3 Å². The van der Waals surface area contributed by atoms with E-state index in [1.807, 2.05) is 0 Å². The van der Waals surface area contributed by atoms with Crippen LogP contribution in [0, 0.1) is 0 Å². The summed E-state index contributed by atoms with van der Waals surface area (Å²) in [6.07, 6.45) is 1.24. The summed E-state index contributed by atoms with van der Waals surface area (Å²) in [7, 11) is 0. The number of nitrogens with one attached hydrogen (secondary N) is 1. The Bertz CT molecular complexity index is 1420. The Kier molecular flexibility index (Phi) is 7.42. The molecule has 1 fully saturated rings. The van der Waals surface area contributed by atoms with Gasteiger partial charge in [0.25, 0.3) is 11.8 Å². The van der Waals surface area contributed by atoms with E-state index in [0.717, 1.165) is 9.37 Å².